The Morgan fingerprint density at radius 2 is 1.62 bits per heavy atom. The lowest BCUT2D eigenvalue weighted by molar-refractivity contribution is 1.45. The molecule has 0 amide bonds. The summed E-state index contributed by atoms with van der Waals surface area (Å²) in [7, 11) is 2.53. The first-order valence-corrected chi connectivity index (χ1v) is 8.66. The van der Waals surface area contributed by atoms with Crippen molar-refractivity contribution in [2.75, 3.05) is 0 Å². The van der Waals surface area contributed by atoms with Gasteiger partial charge >= 0.3 is 0 Å². The minimum atomic E-state index is -1.16. The van der Waals surface area contributed by atoms with E-state index in [4.69, 9.17) is 0 Å². The number of aryl methyl sites for hydroxylation is 1. The van der Waals surface area contributed by atoms with Gasteiger partial charge in [-0.05, 0) is 13.8 Å². The molecule has 1 aromatic rings. The van der Waals surface area contributed by atoms with Gasteiger partial charge in [-0.2, -0.15) is 0 Å². The van der Waals surface area contributed by atoms with Crippen LogP contribution in [0.5, 0.6) is 0 Å². The van der Waals surface area contributed by atoms with Crippen LogP contribution in [0, 0.1) is 13.8 Å². The van der Waals surface area contributed by atoms with E-state index in [-0.39, 0.29) is 0 Å². The molecule has 0 saturated carbocycles. The highest BCUT2D eigenvalue weighted by molar-refractivity contribution is 6.89. The molecule has 0 aliphatic heterocycles. The molecule has 0 fully saturated rings. The van der Waals surface area contributed by atoms with Gasteiger partial charge in [-0.3, -0.25) is 0 Å². The Bertz CT molecular complexity index is 322. The summed E-state index contributed by atoms with van der Waals surface area (Å²) < 4.78 is 0. The van der Waals surface area contributed by atoms with Gasteiger partial charge in [-0.25, -0.2) is 0 Å². The van der Waals surface area contributed by atoms with Gasteiger partial charge in [0.05, 0.1) is 18.3 Å². The van der Waals surface area contributed by atoms with Crippen LogP contribution >= 0.6 is 0 Å². The Morgan fingerprint density at radius 1 is 1.08 bits per heavy atom. The van der Waals surface area contributed by atoms with E-state index in [0.29, 0.717) is 0 Å². The largest absolute Gasteiger partial charge is 0.0779 e. The second-order valence-corrected chi connectivity index (χ2v) is 10.2. The average Bonchev–Trinajstić information content (AvgIpc) is 1.98. The number of benzene rings is 1. The molecule has 13 heavy (non-hydrogen) atoms. The van der Waals surface area contributed by atoms with Crippen LogP contribution in [-0.2, 0) is 0 Å². The molecular formula is C11H17Si2. The van der Waals surface area contributed by atoms with Crippen molar-refractivity contribution in [1.29, 1.82) is 0 Å². The monoisotopic (exact) mass is 205 g/mol. The number of hydrogen-bond donors (Lipinski definition) is 0. The van der Waals surface area contributed by atoms with Crippen molar-refractivity contribution in [2.45, 2.75) is 33.5 Å². The maximum absolute atomic E-state index is 3.70. The quantitative estimate of drug-likeness (QED) is 0.612. The second-order valence-electron chi connectivity index (χ2n) is 4.68. The zero-order valence-corrected chi connectivity index (χ0v) is 11.2. The Hall–Kier alpha value is -0.346. The van der Waals surface area contributed by atoms with Crippen LogP contribution in [0.2, 0.25) is 19.6 Å². The fraction of sp³-hybridized carbons (Fsp3) is 0.455. The van der Waals surface area contributed by atoms with Crippen LogP contribution < -0.4 is 10.4 Å². The van der Waals surface area contributed by atoms with Gasteiger partial charge < -0.3 is 0 Å². The predicted octanol–water partition coefficient (Wildman–Crippen LogP) is 1.64. The highest BCUT2D eigenvalue weighted by Gasteiger charge is 2.19. The summed E-state index contributed by atoms with van der Waals surface area (Å²) in [4.78, 5) is 0. The number of hydrogen-bond acceptors (Lipinski definition) is 0. The van der Waals surface area contributed by atoms with Crippen molar-refractivity contribution in [3.05, 3.63) is 23.3 Å². The van der Waals surface area contributed by atoms with Crippen molar-refractivity contribution >= 4 is 28.7 Å². The van der Waals surface area contributed by atoms with Gasteiger partial charge in [0.2, 0.25) is 0 Å². The molecular weight excluding hydrogens is 188 g/mol. The standard InChI is InChI=1S/C11H17Si2/c1-8-6-7-10(13(3,4)5)9(2)11(8)12/h6-7H,1-5H3. The van der Waals surface area contributed by atoms with Crippen LogP contribution in [0.4, 0.5) is 0 Å². The highest BCUT2D eigenvalue weighted by atomic mass is 28.3. The summed E-state index contributed by atoms with van der Waals surface area (Å²) in [5.41, 5.74) is 2.76. The van der Waals surface area contributed by atoms with E-state index in [1.165, 1.54) is 16.3 Å². The molecule has 0 atom stereocenters. The van der Waals surface area contributed by atoms with Crippen molar-refractivity contribution < 1.29 is 0 Å². The summed E-state index contributed by atoms with van der Waals surface area (Å²) in [6.45, 7) is 11.5. The molecule has 0 unspecified atom stereocenters. The fourth-order valence-electron chi connectivity index (χ4n) is 1.66. The van der Waals surface area contributed by atoms with Crippen LogP contribution in [0.25, 0.3) is 0 Å². The van der Waals surface area contributed by atoms with E-state index < -0.39 is 8.07 Å². The van der Waals surface area contributed by atoms with Gasteiger partial charge in [0.15, 0.2) is 0 Å². The van der Waals surface area contributed by atoms with Crippen molar-refractivity contribution in [3.63, 3.8) is 0 Å². The van der Waals surface area contributed by atoms with Gasteiger partial charge in [-0.15, -0.1) is 0 Å². The third-order valence-electron chi connectivity index (χ3n) is 2.48. The van der Waals surface area contributed by atoms with E-state index in [9.17, 15) is 0 Å². The zero-order chi connectivity index (χ0) is 10.2. The van der Waals surface area contributed by atoms with E-state index in [2.05, 4.69) is 55.9 Å². The number of rotatable bonds is 1. The Morgan fingerprint density at radius 3 is 2.08 bits per heavy atom. The summed E-state index contributed by atoms with van der Waals surface area (Å²) >= 11 is 0. The molecule has 0 N–H and O–H groups in total. The lowest BCUT2D eigenvalue weighted by Gasteiger charge is -2.21. The lowest BCUT2D eigenvalue weighted by atomic mass is 10.1. The van der Waals surface area contributed by atoms with Gasteiger partial charge in [0, 0.05) is 0 Å². The van der Waals surface area contributed by atoms with Crippen LogP contribution in [-0.4, -0.2) is 18.3 Å². The van der Waals surface area contributed by atoms with E-state index in [1.54, 1.807) is 5.19 Å². The summed E-state index contributed by atoms with van der Waals surface area (Å²) in [6.07, 6.45) is 0. The normalized spacial score (nSPS) is 11.8. The molecule has 69 valence electrons. The van der Waals surface area contributed by atoms with Crippen LogP contribution in [0.3, 0.4) is 0 Å². The third kappa shape index (κ3) is 2.12. The van der Waals surface area contributed by atoms with E-state index in [1.807, 2.05) is 0 Å². The molecule has 0 bridgehead atoms. The molecule has 0 heterocycles. The van der Waals surface area contributed by atoms with Gasteiger partial charge in [-0.1, -0.05) is 53.3 Å². The van der Waals surface area contributed by atoms with Gasteiger partial charge in [0.25, 0.3) is 0 Å². The molecule has 2 heteroatoms. The molecule has 0 saturated heterocycles. The first kappa shape index (κ1) is 10.7. The van der Waals surface area contributed by atoms with E-state index in [0.717, 1.165) is 0 Å². The minimum Gasteiger partial charge on any atom is -0.0656 e. The zero-order valence-electron chi connectivity index (χ0n) is 9.15. The Balaban J connectivity index is 3.35. The first-order chi connectivity index (χ1) is 5.84. The van der Waals surface area contributed by atoms with E-state index >= 15 is 0 Å². The van der Waals surface area contributed by atoms with Crippen molar-refractivity contribution in [1.82, 2.24) is 0 Å². The molecule has 1 aromatic carbocycles. The predicted molar refractivity (Wildman–Crippen MR) is 64.3 cm³/mol. The molecule has 3 radical (unpaired) electrons. The fourth-order valence-corrected chi connectivity index (χ4v) is 3.84. The SMILES string of the molecule is Cc1ccc([Si](C)(C)C)c(C)c1[Si]. The summed E-state index contributed by atoms with van der Waals surface area (Å²) in [5.74, 6) is 0. The Labute approximate surface area is 85.8 Å². The van der Waals surface area contributed by atoms with Crippen molar-refractivity contribution in [2.24, 2.45) is 0 Å². The topological polar surface area (TPSA) is 0 Å². The third-order valence-corrected chi connectivity index (χ3v) is 5.41. The molecule has 0 aromatic heterocycles. The second kappa shape index (κ2) is 3.42. The molecule has 0 nitrogen and oxygen atoms in total. The smallest absolute Gasteiger partial charge is 0.0656 e. The molecule has 0 spiro atoms. The minimum absolute atomic E-state index is 1.16. The summed E-state index contributed by atoms with van der Waals surface area (Å²) in [5, 5.41) is 2.84. The highest BCUT2D eigenvalue weighted by Crippen LogP contribution is 2.06. The molecule has 0 aliphatic carbocycles. The maximum atomic E-state index is 3.70. The van der Waals surface area contributed by atoms with Gasteiger partial charge in [0.1, 0.15) is 0 Å². The van der Waals surface area contributed by atoms with Crippen molar-refractivity contribution in [3.8, 4) is 0 Å². The average molecular weight is 205 g/mol. The van der Waals surface area contributed by atoms with Crippen LogP contribution in [0.1, 0.15) is 11.1 Å². The molecule has 1 rings (SSSR count). The Kier molecular flexibility index (Phi) is 2.83. The molecule has 0 aliphatic rings. The first-order valence-electron chi connectivity index (χ1n) is 4.66. The van der Waals surface area contributed by atoms with Crippen LogP contribution in [0.15, 0.2) is 12.1 Å². The maximum Gasteiger partial charge on any atom is 0.0779 e. The summed E-state index contributed by atoms with van der Waals surface area (Å²) in [6, 6.07) is 4.50. The lowest BCUT2D eigenvalue weighted by Crippen LogP contribution is -2.42.